The number of thioether (sulfide) groups is 6. The maximum Gasteiger partial charge on any atom is 2.00 e. The van der Waals surface area contributed by atoms with Gasteiger partial charge in [-0.05, 0) is 122 Å². The van der Waals surface area contributed by atoms with Crippen molar-refractivity contribution in [3.05, 3.63) is 232 Å². The van der Waals surface area contributed by atoms with Gasteiger partial charge < -0.3 is 44.7 Å². The predicted molar refractivity (Wildman–Crippen MR) is 414 cm³/mol. The van der Waals surface area contributed by atoms with Gasteiger partial charge in [0.2, 0.25) is 5.78 Å². The van der Waals surface area contributed by atoms with Gasteiger partial charge in [-0.1, -0.05) is 125 Å². The summed E-state index contributed by atoms with van der Waals surface area (Å²) in [6.07, 6.45) is 27.9. The molecule has 0 spiro atoms. The largest absolute Gasteiger partial charge is 2.00 e. The van der Waals surface area contributed by atoms with E-state index in [0.717, 1.165) is 55.2 Å². The van der Waals surface area contributed by atoms with Crippen molar-refractivity contribution in [3.63, 3.8) is 0 Å². The van der Waals surface area contributed by atoms with Crippen LogP contribution in [0, 0.1) is 7.43 Å². The minimum Gasteiger partial charge on any atom is -1.00 e. The van der Waals surface area contributed by atoms with Gasteiger partial charge >= 0.3 is 29.0 Å². The van der Waals surface area contributed by atoms with Crippen LogP contribution in [0.1, 0.15) is 48.9 Å². The number of rotatable bonds is 19. The Labute approximate surface area is 658 Å². The number of amides is 1. The summed E-state index contributed by atoms with van der Waals surface area (Å²) in [5, 5.41) is 22.3. The molecule has 0 saturated heterocycles. The quantitative estimate of drug-likeness (QED) is 0.00861. The van der Waals surface area contributed by atoms with E-state index in [1.54, 1.807) is 86.9 Å². The van der Waals surface area contributed by atoms with Crippen molar-refractivity contribution in [2.75, 3.05) is 85.4 Å². The first-order valence-corrected chi connectivity index (χ1v) is 36.8. The molecule has 0 unspecified atom stereocenters. The van der Waals surface area contributed by atoms with Gasteiger partial charge in [0.1, 0.15) is 22.8 Å². The van der Waals surface area contributed by atoms with E-state index in [2.05, 4.69) is 85.7 Å². The fourth-order valence-corrected chi connectivity index (χ4v) is 9.17. The molecule has 104 heavy (non-hydrogen) atoms. The van der Waals surface area contributed by atoms with Crippen molar-refractivity contribution in [2.45, 2.75) is 37.9 Å². The first kappa shape index (κ1) is 93.4. The minimum absolute atomic E-state index is 0. The van der Waals surface area contributed by atoms with E-state index < -0.39 is 5.97 Å². The van der Waals surface area contributed by atoms with Crippen LogP contribution in [-0.2, 0) is 9.68 Å². The van der Waals surface area contributed by atoms with Crippen molar-refractivity contribution >= 4 is 123 Å². The molecule has 0 atom stereocenters. The fourth-order valence-electron chi connectivity index (χ4n) is 7.03. The standard InChI is InChI=1S/2C14H12N4S.C10H13N3OS.C8H11N3O2S.C7H8N2OS.C6H6N2O2S.C6H8N2.C2H7NO.CH3.BrH.Mg/c1-19-14-15-9-7-12(16-14)13-8-10-18(17-13)11-5-3-2-4-6-11;1-19-14-15-9-7-12(17-14)13-8-10-16-18(13)11-5-3-2-4-6-11;1-13(2)7-5-9(14)8-4-6-11-10(12-8)15-3;1-11(13-2)7(12)6-4-5-9-8(10-6)14-3;1-5(10)6-3-4-8-7(9-6)11-2;1-11-6-7-3-2-4(8-6)5(9)10;7-8-6-4-2-1-3-5-6;1-3-4-2;;;/h2*2-10H,1H3;4-7H,1-3H3;4-5H,1-3H3;3-4H,1-2H3;2-3H,1H3,(H,9,10);1-5,8H,7H2;3H,1-2H3;1H3;1H;/q;;;;;;;;-1;;+2/p-1/b;;7-5+;;;;;;;;. The molecule has 11 rings (SSSR count). The number of nitrogens with one attached hydrogen (secondary N) is 2. The summed E-state index contributed by atoms with van der Waals surface area (Å²) in [5.74, 6) is 3.65. The number of ketones is 2. The topological polar surface area (TPSA) is 354 Å². The second-order valence-electron chi connectivity index (χ2n) is 18.9. The van der Waals surface area contributed by atoms with Gasteiger partial charge in [0.25, 0.3) is 5.91 Å². The smallest absolute Gasteiger partial charge is 1.00 e. The van der Waals surface area contributed by atoms with E-state index in [4.69, 9.17) is 15.8 Å². The monoisotopic (exact) mass is 1600 g/mol. The number of carbonyl (C=O) groups excluding carboxylic acids is 3. The molecule has 0 aliphatic heterocycles. The van der Waals surface area contributed by atoms with E-state index in [9.17, 15) is 19.2 Å². The number of carbonyl (C=O) groups is 4. The van der Waals surface area contributed by atoms with Crippen LogP contribution in [0.2, 0.25) is 0 Å². The number of anilines is 1. The van der Waals surface area contributed by atoms with Gasteiger partial charge in [-0.25, -0.2) is 84.5 Å². The fraction of sp³-hybridized carbons (Fsp3) is 0.191. The summed E-state index contributed by atoms with van der Waals surface area (Å²) in [6.45, 7) is 1.49. The van der Waals surface area contributed by atoms with Crippen LogP contribution in [0.4, 0.5) is 5.69 Å². The summed E-state index contributed by atoms with van der Waals surface area (Å²) in [4.78, 5) is 104. The number of Topliss-reactive ketones (excluding diaryl/α,β-unsaturated/α-hetero) is 1. The van der Waals surface area contributed by atoms with Gasteiger partial charge in [0.05, 0.1) is 48.9 Å². The number of nitrogen functional groups attached to an aromatic ring is 1. The molecule has 0 fully saturated rings. The molecule has 28 nitrogen and oxygen atoms in total. The maximum atomic E-state index is 11.6. The van der Waals surface area contributed by atoms with Gasteiger partial charge in [0.15, 0.2) is 42.4 Å². The number of hydrogen-bond donors (Lipinski definition) is 4. The molecule has 0 aliphatic rings. The Balaban J connectivity index is 0.000000607. The Morgan fingerprint density at radius 1 is 0.519 bits per heavy atom. The molecule has 0 radical (unpaired) electrons. The number of nitrogens with two attached hydrogens (primary N) is 1. The molecule has 3 aromatic carbocycles. The Morgan fingerprint density at radius 2 is 0.923 bits per heavy atom. The van der Waals surface area contributed by atoms with Crippen molar-refractivity contribution in [3.8, 4) is 34.2 Å². The SMILES string of the molecule is CNOC.CON(C)C(=O)c1ccnc(SC)n1.CSc1nccc(-c2ccn(-c3ccccc3)n2)n1.CSc1nccc(-c2ccnn2-c2ccccc2)n1.CSc1nccc(C(=O)/C=C/N(C)C)n1.CSc1nccc(C(=O)O)n1.CSc1nccc(C(C)=O)n1.NNc1ccccc1.[Br-].[CH3-].[Mg+2]. The minimum atomic E-state index is -1.03. The van der Waals surface area contributed by atoms with Crippen LogP contribution in [0.25, 0.3) is 34.2 Å². The predicted octanol–water partition coefficient (Wildman–Crippen LogP) is 8.50. The van der Waals surface area contributed by atoms with Crippen molar-refractivity contribution in [2.24, 2.45) is 5.84 Å². The first-order valence-electron chi connectivity index (χ1n) is 29.5. The number of hydroxylamine groups is 3. The third-order valence-corrected chi connectivity index (χ3v) is 15.3. The third kappa shape index (κ3) is 34.3. The number of aromatic carboxylic acids is 1. The number of para-hydroxylation sites is 3. The molecule has 36 heteroatoms. The molecule has 5 N–H and O–H groups in total. The molecule has 1 amide bonds. The molecule has 0 aliphatic carbocycles. The number of allylic oxidation sites excluding steroid dienone is 1. The zero-order valence-electron chi connectivity index (χ0n) is 59.6. The number of carboxylic acid groups (broad SMARTS) is 1. The van der Waals surface area contributed by atoms with Crippen LogP contribution in [0.3, 0.4) is 0 Å². The molecule has 0 bridgehead atoms. The summed E-state index contributed by atoms with van der Waals surface area (Å²) in [6, 6.07) is 43.5. The van der Waals surface area contributed by atoms with Gasteiger partial charge in [-0.15, -0.1) is 0 Å². The second-order valence-corrected chi connectivity index (χ2v) is 23.6. The van der Waals surface area contributed by atoms with Crippen LogP contribution in [-0.4, -0.2) is 221 Å². The van der Waals surface area contributed by atoms with Gasteiger partial charge in [-0.2, -0.15) is 10.2 Å². The molecular weight excluding hydrogens is 1520 g/mol. The molecular formula is C68H80BrMgN21O7S6. The van der Waals surface area contributed by atoms with Crippen LogP contribution < -0.4 is 33.7 Å². The van der Waals surface area contributed by atoms with Gasteiger partial charge in [0, 0.05) is 96.5 Å². The summed E-state index contributed by atoms with van der Waals surface area (Å²) in [5.41, 5.74) is 12.7. The average molecular weight is 1600 g/mol. The number of nitrogens with zero attached hydrogens (tertiary/aromatic N) is 18. The second kappa shape index (κ2) is 54.1. The third-order valence-electron chi connectivity index (χ3n) is 12.0. The van der Waals surface area contributed by atoms with E-state index in [1.807, 2.05) is 176 Å². The summed E-state index contributed by atoms with van der Waals surface area (Å²) >= 11 is 8.60. The number of aromatic nitrogens is 16. The van der Waals surface area contributed by atoms with Crippen molar-refractivity contribution in [1.82, 2.24) is 94.8 Å². The van der Waals surface area contributed by atoms with E-state index >= 15 is 0 Å². The Kier molecular flexibility index (Phi) is 48.5. The normalized spacial score (nSPS) is 9.71. The Morgan fingerprint density at radius 3 is 1.37 bits per heavy atom. The number of hydrazine groups is 1. The van der Waals surface area contributed by atoms with Crippen LogP contribution in [0.5, 0.6) is 0 Å². The van der Waals surface area contributed by atoms with Crippen LogP contribution >= 0.6 is 70.6 Å². The zero-order valence-corrected chi connectivity index (χ0v) is 67.5. The average Bonchev–Trinajstić information content (AvgIpc) is 1.66. The summed E-state index contributed by atoms with van der Waals surface area (Å²) in [7, 11) is 9.95. The van der Waals surface area contributed by atoms with Gasteiger partial charge in [-0.3, -0.25) is 25.1 Å². The number of carboxylic acids is 1. The Bertz CT molecular complexity index is 4220. The molecule has 8 aromatic heterocycles. The summed E-state index contributed by atoms with van der Waals surface area (Å²) < 4.78 is 3.72. The number of halogens is 1. The van der Waals surface area contributed by atoms with E-state index in [1.165, 1.54) is 110 Å². The zero-order chi connectivity index (χ0) is 73.7. The van der Waals surface area contributed by atoms with E-state index in [0.29, 0.717) is 37.7 Å². The maximum absolute atomic E-state index is 11.6. The Hall–Kier alpha value is -8.63. The number of hydrogen-bond acceptors (Lipinski definition) is 30. The van der Waals surface area contributed by atoms with E-state index in [-0.39, 0.29) is 70.6 Å². The van der Waals surface area contributed by atoms with Crippen molar-refractivity contribution in [1.29, 1.82) is 0 Å². The molecule has 8 heterocycles. The molecule has 544 valence electrons. The molecule has 0 saturated carbocycles. The first-order chi connectivity index (χ1) is 48.9. The van der Waals surface area contributed by atoms with Crippen molar-refractivity contribution < 1.29 is 50.9 Å². The number of benzene rings is 3. The molecule has 11 aromatic rings. The van der Waals surface area contributed by atoms with Crippen LogP contribution in [0.15, 0.2) is 232 Å².